The second kappa shape index (κ2) is 6.36. The van der Waals surface area contributed by atoms with Crippen molar-refractivity contribution >= 4 is 11.6 Å². The Labute approximate surface area is 102 Å². The van der Waals surface area contributed by atoms with E-state index in [1.165, 1.54) is 12.1 Å². The third-order valence-electron chi connectivity index (χ3n) is 1.97. The zero-order chi connectivity index (χ0) is 13.6. The summed E-state index contributed by atoms with van der Waals surface area (Å²) in [7, 11) is 0. The summed E-state index contributed by atoms with van der Waals surface area (Å²) in [6, 6.07) is 6.08. The molecule has 7 heteroatoms. The van der Waals surface area contributed by atoms with Crippen LogP contribution < -0.4 is 10.8 Å². The standard InChI is InChI=1S/C11H13F3N2O2/c1-2-18-15-7-8-4-3-5-9(6-8)16-10(17)11(12,13)14/h3-6,15H,2,7H2,1H3,(H,16,17). The Hall–Kier alpha value is -1.60. The van der Waals surface area contributed by atoms with Crippen LogP contribution in [0.4, 0.5) is 18.9 Å². The molecule has 0 saturated carbocycles. The molecular weight excluding hydrogens is 249 g/mol. The van der Waals surface area contributed by atoms with Crippen LogP contribution in [-0.4, -0.2) is 18.7 Å². The van der Waals surface area contributed by atoms with Gasteiger partial charge in [-0.15, -0.1) is 0 Å². The summed E-state index contributed by atoms with van der Waals surface area (Å²) >= 11 is 0. The largest absolute Gasteiger partial charge is 0.471 e. The topological polar surface area (TPSA) is 50.4 Å². The third-order valence-corrected chi connectivity index (χ3v) is 1.97. The molecule has 4 nitrogen and oxygen atoms in total. The van der Waals surface area contributed by atoms with E-state index in [2.05, 4.69) is 5.48 Å². The number of alkyl halides is 3. The first-order valence-corrected chi connectivity index (χ1v) is 5.25. The van der Waals surface area contributed by atoms with Crippen molar-refractivity contribution in [2.24, 2.45) is 0 Å². The maximum Gasteiger partial charge on any atom is 0.471 e. The van der Waals surface area contributed by atoms with Gasteiger partial charge in [0.2, 0.25) is 0 Å². The molecule has 1 rings (SSSR count). The van der Waals surface area contributed by atoms with Crippen LogP contribution in [0.5, 0.6) is 0 Å². The van der Waals surface area contributed by atoms with Gasteiger partial charge >= 0.3 is 12.1 Å². The minimum Gasteiger partial charge on any atom is -0.318 e. The quantitative estimate of drug-likeness (QED) is 0.632. The van der Waals surface area contributed by atoms with E-state index in [-0.39, 0.29) is 5.69 Å². The number of nitrogens with one attached hydrogen (secondary N) is 2. The Kier molecular flexibility index (Phi) is 5.11. The van der Waals surface area contributed by atoms with E-state index in [4.69, 9.17) is 4.84 Å². The lowest BCUT2D eigenvalue weighted by atomic mass is 10.2. The lowest BCUT2D eigenvalue weighted by molar-refractivity contribution is -0.167. The lowest BCUT2D eigenvalue weighted by Crippen LogP contribution is -2.29. The highest BCUT2D eigenvalue weighted by molar-refractivity contribution is 5.94. The predicted molar refractivity (Wildman–Crippen MR) is 59.6 cm³/mol. The zero-order valence-electron chi connectivity index (χ0n) is 9.67. The summed E-state index contributed by atoms with van der Waals surface area (Å²) < 4.78 is 36.1. The molecule has 1 aromatic rings. The van der Waals surface area contributed by atoms with Crippen LogP contribution in [0.15, 0.2) is 24.3 Å². The van der Waals surface area contributed by atoms with Gasteiger partial charge in [0.05, 0.1) is 6.61 Å². The summed E-state index contributed by atoms with van der Waals surface area (Å²) in [6.45, 7) is 2.61. The molecule has 0 saturated heterocycles. The molecule has 0 aliphatic rings. The van der Waals surface area contributed by atoms with Crippen molar-refractivity contribution in [3.63, 3.8) is 0 Å². The van der Waals surface area contributed by atoms with Crippen molar-refractivity contribution in [1.82, 2.24) is 5.48 Å². The summed E-state index contributed by atoms with van der Waals surface area (Å²) in [4.78, 5) is 15.6. The van der Waals surface area contributed by atoms with Crippen LogP contribution in [0.25, 0.3) is 0 Å². The van der Waals surface area contributed by atoms with Crippen molar-refractivity contribution in [3.05, 3.63) is 29.8 Å². The summed E-state index contributed by atoms with van der Waals surface area (Å²) in [5.41, 5.74) is 3.42. The zero-order valence-corrected chi connectivity index (χ0v) is 9.67. The second-order valence-electron chi connectivity index (χ2n) is 3.41. The highest BCUT2D eigenvalue weighted by Gasteiger charge is 2.38. The van der Waals surface area contributed by atoms with E-state index >= 15 is 0 Å². The first kappa shape index (κ1) is 14.5. The van der Waals surface area contributed by atoms with Crippen LogP contribution in [0, 0.1) is 0 Å². The Balaban J connectivity index is 2.62. The van der Waals surface area contributed by atoms with Gasteiger partial charge in [-0.3, -0.25) is 4.79 Å². The van der Waals surface area contributed by atoms with E-state index in [0.29, 0.717) is 18.7 Å². The van der Waals surface area contributed by atoms with Gasteiger partial charge in [-0.2, -0.15) is 18.7 Å². The van der Waals surface area contributed by atoms with Gasteiger partial charge in [0, 0.05) is 12.2 Å². The fourth-order valence-corrected chi connectivity index (χ4v) is 1.20. The third kappa shape index (κ3) is 4.72. The number of halogens is 3. The van der Waals surface area contributed by atoms with Crippen molar-refractivity contribution in [3.8, 4) is 0 Å². The number of hydrogen-bond acceptors (Lipinski definition) is 3. The fourth-order valence-electron chi connectivity index (χ4n) is 1.20. The molecule has 0 spiro atoms. The molecule has 0 bridgehead atoms. The van der Waals surface area contributed by atoms with Gasteiger partial charge in [0.25, 0.3) is 0 Å². The fraction of sp³-hybridized carbons (Fsp3) is 0.364. The number of hydrogen-bond donors (Lipinski definition) is 2. The smallest absolute Gasteiger partial charge is 0.318 e. The number of anilines is 1. The predicted octanol–water partition coefficient (Wildman–Crippen LogP) is 2.23. The molecule has 0 heterocycles. The van der Waals surface area contributed by atoms with E-state index in [0.717, 1.165) is 0 Å². The number of rotatable bonds is 5. The molecule has 18 heavy (non-hydrogen) atoms. The van der Waals surface area contributed by atoms with Gasteiger partial charge in [-0.05, 0) is 24.6 Å². The molecule has 0 radical (unpaired) electrons. The van der Waals surface area contributed by atoms with Crippen LogP contribution in [-0.2, 0) is 16.2 Å². The summed E-state index contributed by atoms with van der Waals surface area (Å²) in [6.07, 6.45) is -4.89. The van der Waals surface area contributed by atoms with Crippen molar-refractivity contribution in [2.75, 3.05) is 11.9 Å². The van der Waals surface area contributed by atoms with Gasteiger partial charge in [-0.25, -0.2) is 0 Å². The molecule has 0 aromatic heterocycles. The average molecular weight is 262 g/mol. The van der Waals surface area contributed by atoms with E-state index in [1.807, 2.05) is 0 Å². The summed E-state index contributed by atoms with van der Waals surface area (Å²) in [5, 5.41) is 1.78. The Bertz CT molecular complexity index is 408. The first-order chi connectivity index (χ1) is 8.43. The van der Waals surface area contributed by atoms with Crippen molar-refractivity contribution in [2.45, 2.75) is 19.6 Å². The average Bonchev–Trinajstić information content (AvgIpc) is 2.28. The second-order valence-corrected chi connectivity index (χ2v) is 3.41. The van der Waals surface area contributed by atoms with Gasteiger partial charge in [-0.1, -0.05) is 12.1 Å². The highest BCUT2D eigenvalue weighted by atomic mass is 19.4. The van der Waals surface area contributed by atoms with E-state index in [9.17, 15) is 18.0 Å². The van der Waals surface area contributed by atoms with E-state index < -0.39 is 12.1 Å². The molecule has 1 aromatic carbocycles. The summed E-state index contributed by atoms with van der Waals surface area (Å²) in [5.74, 6) is -1.99. The maximum atomic E-state index is 12.0. The highest BCUT2D eigenvalue weighted by Crippen LogP contribution is 2.18. The maximum absolute atomic E-state index is 12.0. The number of carbonyl (C=O) groups is 1. The van der Waals surface area contributed by atoms with Crippen molar-refractivity contribution < 1.29 is 22.8 Å². The SMILES string of the molecule is CCONCc1cccc(NC(=O)C(F)(F)F)c1. The number of hydroxylamine groups is 1. The molecule has 100 valence electrons. The lowest BCUT2D eigenvalue weighted by Gasteiger charge is -2.09. The van der Waals surface area contributed by atoms with Crippen LogP contribution >= 0.6 is 0 Å². The Morgan fingerprint density at radius 2 is 2.11 bits per heavy atom. The molecule has 0 aliphatic heterocycles. The van der Waals surface area contributed by atoms with Crippen LogP contribution in [0.3, 0.4) is 0 Å². The van der Waals surface area contributed by atoms with Crippen molar-refractivity contribution in [1.29, 1.82) is 0 Å². The number of benzene rings is 1. The van der Waals surface area contributed by atoms with Gasteiger partial charge < -0.3 is 10.2 Å². The Morgan fingerprint density at radius 1 is 1.39 bits per heavy atom. The number of amides is 1. The first-order valence-electron chi connectivity index (χ1n) is 5.25. The van der Waals surface area contributed by atoms with Crippen LogP contribution in [0.1, 0.15) is 12.5 Å². The monoisotopic (exact) mass is 262 g/mol. The minimum absolute atomic E-state index is 0.0909. The van der Waals surface area contributed by atoms with Gasteiger partial charge in [0.1, 0.15) is 0 Å². The normalized spacial score (nSPS) is 11.3. The molecule has 0 atom stereocenters. The Morgan fingerprint density at radius 3 is 2.72 bits per heavy atom. The number of carbonyl (C=O) groups excluding carboxylic acids is 1. The molecule has 0 unspecified atom stereocenters. The minimum atomic E-state index is -4.89. The van der Waals surface area contributed by atoms with E-state index in [1.54, 1.807) is 24.4 Å². The van der Waals surface area contributed by atoms with Gasteiger partial charge in [0.15, 0.2) is 0 Å². The molecule has 0 fully saturated rings. The van der Waals surface area contributed by atoms with Crippen LogP contribution in [0.2, 0.25) is 0 Å². The molecule has 0 aliphatic carbocycles. The molecular formula is C11H13F3N2O2. The molecule has 1 amide bonds. The molecule has 2 N–H and O–H groups in total.